The fourth-order valence-electron chi connectivity index (χ4n) is 1.78. The molecule has 1 rings (SSSR count). The van der Waals surface area contributed by atoms with E-state index in [4.69, 9.17) is 10.8 Å². The van der Waals surface area contributed by atoms with Gasteiger partial charge in [0, 0.05) is 6.54 Å². The standard InChI is InChI=1S/C9H16N2O3/c1-5(2)7(9(13)14)11-4-3-6(10)8(11)12/h5-7H,3-4,10H2,1-2H3,(H,13,14)/t6-,7?/m0/s1. The van der Waals surface area contributed by atoms with Crippen molar-refractivity contribution in [2.75, 3.05) is 6.54 Å². The molecule has 2 atom stereocenters. The van der Waals surface area contributed by atoms with E-state index in [-0.39, 0.29) is 11.8 Å². The number of hydrogen-bond donors (Lipinski definition) is 2. The first kappa shape index (κ1) is 11.0. The van der Waals surface area contributed by atoms with Crippen LogP contribution in [0.1, 0.15) is 20.3 Å². The van der Waals surface area contributed by atoms with Crippen molar-refractivity contribution in [2.45, 2.75) is 32.4 Å². The van der Waals surface area contributed by atoms with Gasteiger partial charge in [0.25, 0.3) is 0 Å². The topological polar surface area (TPSA) is 83.6 Å². The second-order valence-electron chi connectivity index (χ2n) is 3.95. The van der Waals surface area contributed by atoms with Crippen molar-refractivity contribution in [3.05, 3.63) is 0 Å². The predicted octanol–water partition coefficient (Wildman–Crippen LogP) is -0.345. The van der Waals surface area contributed by atoms with Crippen LogP contribution >= 0.6 is 0 Å². The van der Waals surface area contributed by atoms with E-state index in [1.54, 1.807) is 13.8 Å². The fraction of sp³-hybridized carbons (Fsp3) is 0.778. The molecule has 1 fully saturated rings. The lowest BCUT2D eigenvalue weighted by molar-refractivity contribution is -0.150. The highest BCUT2D eigenvalue weighted by Gasteiger charge is 2.38. The Bertz CT molecular complexity index is 252. The second kappa shape index (κ2) is 3.96. The number of carbonyl (C=O) groups is 2. The van der Waals surface area contributed by atoms with E-state index >= 15 is 0 Å². The number of carboxylic acids is 1. The smallest absolute Gasteiger partial charge is 0.326 e. The Hall–Kier alpha value is -1.10. The molecule has 0 radical (unpaired) electrons. The van der Waals surface area contributed by atoms with E-state index in [2.05, 4.69) is 0 Å². The Kier molecular flexibility index (Phi) is 3.10. The van der Waals surface area contributed by atoms with Gasteiger partial charge in [0.05, 0.1) is 6.04 Å². The Morgan fingerprint density at radius 2 is 2.21 bits per heavy atom. The summed E-state index contributed by atoms with van der Waals surface area (Å²) in [5.74, 6) is -1.30. The third-order valence-electron chi connectivity index (χ3n) is 2.50. The van der Waals surface area contributed by atoms with Crippen molar-refractivity contribution in [3.63, 3.8) is 0 Å². The lowest BCUT2D eigenvalue weighted by Crippen LogP contribution is -2.47. The Balaban J connectivity index is 2.80. The van der Waals surface area contributed by atoms with Gasteiger partial charge in [-0.15, -0.1) is 0 Å². The van der Waals surface area contributed by atoms with Gasteiger partial charge in [0.1, 0.15) is 6.04 Å². The van der Waals surface area contributed by atoms with Gasteiger partial charge >= 0.3 is 5.97 Å². The third-order valence-corrected chi connectivity index (χ3v) is 2.50. The Labute approximate surface area is 82.9 Å². The first-order valence-corrected chi connectivity index (χ1v) is 4.74. The Morgan fingerprint density at radius 1 is 1.64 bits per heavy atom. The molecule has 1 heterocycles. The number of amides is 1. The van der Waals surface area contributed by atoms with Crippen molar-refractivity contribution in [3.8, 4) is 0 Å². The first-order valence-electron chi connectivity index (χ1n) is 4.74. The molecule has 1 aliphatic rings. The normalized spacial score (nSPS) is 24.4. The van der Waals surface area contributed by atoms with Crippen molar-refractivity contribution in [1.82, 2.24) is 4.90 Å². The molecule has 0 bridgehead atoms. The van der Waals surface area contributed by atoms with Crippen molar-refractivity contribution >= 4 is 11.9 Å². The lowest BCUT2D eigenvalue weighted by atomic mass is 10.0. The number of aliphatic carboxylic acids is 1. The molecule has 3 N–H and O–H groups in total. The highest BCUT2D eigenvalue weighted by Crippen LogP contribution is 2.18. The van der Waals surface area contributed by atoms with E-state index in [1.165, 1.54) is 4.90 Å². The number of nitrogens with two attached hydrogens (primary N) is 1. The van der Waals surface area contributed by atoms with Gasteiger partial charge in [-0.05, 0) is 12.3 Å². The highest BCUT2D eigenvalue weighted by atomic mass is 16.4. The quantitative estimate of drug-likeness (QED) is 0.652. The molecule has 1 amide bonds. The minimum atomic E-state index is -0.956. The highest BCUT2D eigenvalue weighted by molar-refractivity contribution is 5.88. The number of nitrogens with zero attached hydrogens (tertiary/aromatic N) is 1. The summed E-state index contributed by atoms with van der Waals surface area (Å²) in [6.07, 6.45) is 0.551. The molecule has 1 saturated heterocycles. The van der Waals surface area contributed by atoms with Crippen LogP contribution in [0.5, 0.6) is 0 Å². The monoisotopic (exact) mass is 200 g/mol. The van der Waals surface area contributed by atoms with Crippen LogP contribution in [0.3, 0.4) is 0 Å². The summed E-state index contributed by atoms with van der Waals surface area (Å²) in [5, 5.41) is 8.97. The largest absolute Gasteiger partial charge is 0.480 e. The maximum atomic E-state index is 11.5. The molecular weight excluding hydrogens is 184 g/mol. The molecule has 0 saturated carbocycles. The molecule has 0 aromatic rings. The molecule has 14 heavy (non-hydrogen) atoms. The van der Waals surface area contributed by atoms with Gasteiger partial charge in [-0.3, -0.25) is 4.79 Å². The number of carboxylic acid groups (broad SMARTS) is 1. The third kappa shape index (κ3) is 1.87. The zero-order valence-electron chi connectivity index (χ0n) is 8.43. The average Bonchev–Trinajstić information content (AvgIpc) is 2.35. The van der Waals surface area contributed by atoms with Crippen LogP contribution in [0.25, 0.3) is 0 Å². The van der Waals surface area contributed by atoms with Crippen LogP contribution in [-0.4, -0.2) is 40.5 Å². The summed E-state index contributed by atoms with van der Waals surface area (Å²) in [6.45, 7) is 4.03. The molecule has 1 unspecified atom stereocenters. The molecule has 5 heteroatoms. The summed E-state index contributed by atoms with van der Waals surface area (Å²) in [7, 11) is 0. The number of hydrogen-bond acceptors (Lipinski definition) is 3. The van der Waals surface area contributed by atoms with Crippen molar-refractivity contribution in [2.24, 2.45) is 11.7 Å². The zero-order chi connectivity index (χ0) is 10.9. The molecular formula is C9H16N2O3. The van der Waals surface area contributed by atoms with Crippen molar-refractivity contribution in [1.29, 1.82) is 0 Å². The first-order chi connectivity index (χ1) is 6.45. The van der Waals surface area contributed by atoms with Gasteiger partial charge in [-0.25, -0.2) is 4.79 Å². The summed E-state index contributed by atoms with van der Waals surface area (Å²) < 4.78 is 0. The van der Waals surface area contributed by atoms with Crippen LogP contribution in [0.4, 0.5) is 0 Å². The molecule has 5 nitrogen and oxygen atoms in total. The molecule has 0 aliphatic carbocycles. The number of likely N-dealkylation sites (tertiary alicyclic amines) is 1. The molecule has 80 valence electrons. The SMILES string of the molecule is CC(C)C(C(=O)O)N1CC[C@H](N)C1=O. The summed E-state index contributed by atoms with van der Waals surface area (Å²) in [4.78, 5) is 23.8. The van der Waals surface area contributed by atoms with E-state index in [1.807, 2.05) is 0 Å². The summed E-state index contributed by atoms with van der Waals surface area (Å²) >= 11 is 0. The van der Waals surface area contributed by atoms with Crippen LogP contribution < -0.4 is 5.73 Å². The molecule has 0 aromatic carbocycles. The maximum Gasteiger partial charge on any atom is 0.326 e. The van der Waals surface area contributed by atoms with E-state index in [0.717, 1.165) is 0 Å². The molecule has 0 spiro atoms. The van der Waals surface area contributed by atoms with E-state index < -0.39 is 18.1 Å². The van der Waals surface area contributed by atoms with Gasteiger partial charge in [-0.1, -0.05) is 13.8 Å². The predicted molar refractivity (Wildman–Crippen MR) is 50.6 cm³/mol. The maximum absolute atomic E-state index is 11.5. The summed E-state index contributed by atoms with van der Waals surface area (Å²) in [5.41, 5.74) is 5.52. The molecule has 1 aliphatic heterocycles. The van der Waals surface area contributed by atoms with Crippen LogP contribution in [0.15, 0.2) is 0 Å². The molecule has 0 aromatic heterocycles. The van der Waals surface area contributed by atoms with E-state index in [9.17, 15) is 9.59 Å². The van der Waals surface area contributed by atoms with Crippen molar-refractivity contribution < 1.29 is 14.7 Å². The minimum absolute atomic E-state index is 0.0956. The second-order valence-corrected chi connectivity index (χ2v) is 3.95. The van der Waals surface area contributed by atoms with Crippen LogP contribution in [0, 0.1) is 5.92 Å². The van der Waals surface area contributed by atoms with Gasteiger partial charge < -0.3 is 15.7 Å². The zero-order valence-corrected chi connectivity index (χ0v) is 8.43. The van der Waals surface area contributed by atoms with Crippen LogP contribution in [-0.2, 0) is 9.59 Å². The number of carbonyl (C=O) groups excluding carboxylic acids is 1. The Morgan fingerprint density at radius 3 is 2.50 bits per heavy atom. The average molecular weight is 200 g/mol. The lowest BCUT2D eigenvalue weighted by Gasteiger charge is -2.27. The summed E-state index contributed by atoms with van der Waals surface area (Å²) in [6, 6.07) is -1.26. The van der Waals surface area contributed by atoms with Gasteiger partial charge in [-0.2, -0.15) is 0 Å². The van der Waals surface area contributed by atoms with Crippen LogP contribution in [0.2, 0.25) is 0 Å². The fourth-order valence-corrected chi connectivity index (χ4v) is 1.78. The minimum Gasteiger partial charge on any atom is -0.480 e. The number of rotatable bonds is 3. The van der Waals surface area contributed by atoms with Gasteiger partial charge in [0.2, 0.25) is 5.91 Å². The van der Waals surface area contributed by atoms with Gasteiger partial charge in [0.15, 0.2) is 0 Å². The van der Waals surface area contributed by atoms with E-state index in [0.29, 0.717) is 13.0 Å².